The highest BCUT2D eigenvalue weighted by Crippen LogP contribution is 2.32. The molecule has 0 aliphatic carbocycles. The molecule has 0 fully saturated rings. The van der Waals surface area contributed by atoms with Crippen molar-refractivity contribution in [3.8, 4) is 11.5 Å². The molecule has 27 heavy (non-hydrogen) atoms. The van der Waals surface area contributed by atoms with Gasteiger partial charge < -0.3 is 14.8 Å². The topological polar surface area (TPSA) is 76.7 Å². The number of methoxy groups -OCH3 is 2. The first-order valence-electron chi connectivity index (χ1n) is 8.19. The van der Waals surface area contributed by atoms with Crippen molar-refractivity contribution >= 4 is 27.1 Å². The quantitative estimate of drug-likeness (QED) is 0.637. The summed E-state index contributed by atoms with van der Waals surface area (Å²) in [6.45, 7) is 0. The maximum absolute atomic E-state index is 12.4. The molecule has 3 aromatic carbocycles. The summed E-state index contributed by atoms with van der Waals surface area (Å²) in [6, 6.07) is 20.6. The van der Waals surface area contributed by atoms with Gasteiger partial charge in [0.1, 0.15) is 11.5 Å². The molecule has 0 saturated heterocycles. The van der Waals surface area contributed by atoms with Crippen LogP contribution in [0.4, 0.5) is 17.1 Å². The van der Waals surface area contributed by atoms with Crippen molar-refractivity contribution in [2.45, 2.75) is 4.90 Å². The van der Waals surface area contributed by atoms with Crippen LogP contribution in [0.2, 0.25) is 0 Å². The molecule has 7 heteroatoms. The van der Waals surface area contributed by atoms with Crippen molar-refractivity contribution < 1.29 is 17.9 Å². The van der Waals surface area contributed by atoms with Crippen molar-refractivity contribution in [3.63, 3.8) is 0 Å². The third-order valence-electron chi connectivity index (χ3n) is 3.88. The molecule has 6 nitrogen and oxygen atoms in total. The van der Waals surface area contributed by atoms with E-state index >= 15 is 0 Å². The lowest BCUT2D eigenvalue weighted by Gasteiger charge is -2.13. The summed E-state index contributed by atoms with van der Waals surface area (Å²) in [5, 5.41) is 3.24. The maximum atomic E-state index is 12.4. The lowest BCUT2D eigenvalue weighted by molar-refractivity contribution is 0.405. The van der Waals surface area contributed by atoms with Gasteiger partial charge in [0.25, 0.3) is 10.0 Å². The second-order valence-electron chi connectivity index (χ2n) is 5.69. The van der Waals surface area contributed by atoms with Crippen molar-refractivity contribution in [3.05, 3.63) is 72.8 Å². The SMILES string of the molecule is COc1ccc(OC)c(Nc2ccc(NS(=O)(=O)c3ccccc3)cc2)c1. The average Bonchev–Trinajstić information content (AvgIpc) is 2.70. The van der Waals surface area contributed by atoms with Gasteiger partial charge in [-0.1, -0.05) is 18.2 Å². The van der Waals surface area contributed by atoms with Crippen LogP contribution in [0.15, 0.2) is 77.7 Å². The monoisotopic (exact) mass is 384 g/mol. The normalized spacial score (nSPS) is 10.9. The van der Waals surface area contributed by atoms with Gasteiger partial charge in [-0.2, -0.15) is 0 Å². The highest BCUT2D eigenvalue weighted by atomic mass is 32.2. The van der Waals surface area contributed by atoms with Crippen LogP contribution >= 0.6 is 0 Å². The molecule has 140 valence electrons. The number of hydrogen-bond donors (Lipinski definition) is 2. The van der Waals surface area contributed by atoms with Crippen LogP contribution in [0, 0.1) is 0 Å². The number of benzene rings is 3. The van der Waals surface area contributed by atoms with E-state index in [4.69, 9.17) is 9.47 Å². The lowest BCUT2D eigenvalue weighted by atomic mass is 10.2. The molecule has 0 aromatic heterocycles. The van der Waals surface area contributed by atoms with Crippen LogP contribution in [0.1, 0.15) is 0 Å². The van der Waals surface area contributed by atoms with Crippen molar-refractivity contribution in [1.82, 2.24) is 0 Å². The van der Waals surface area contributed by atoms with Gasteiger partial charge >= 0.3 is 0 Å². The van der Waals surface area contributed by atoms with Gasteiger partial charge in [-0.25, -0.2) is 8.42 Å². The summed E-state index contributed by atoms with van der Waals surface area (Å²) in [7, 11) is -0.424. The molecule has 0 aliphatic rings. The van der Waals surface area contributed by atoms with Crippen LogP contribution in [0.5, 0.6) is 11.5 Å². The maximum Gasteiger partial charge on any atom is 0.261 e. The van der Waals surface area contributed by atoms with E-state index in [2.05, 4.69) is 10.0 Å². The Kier molecular flexibility index (Phi) is 5.52. The smallest absolute Gasteiger partial charge is 0.261 e. The Bertz CT molecular complexity index is 1000. The number of sulfonamides is 1. The fourth-order valence-corrected chi connectivity index (χ4v) is 3.58. The van der Waals surface area contributed by atoms with Crippen LogP contribution in [-0.4, -0.2) is 22.6 Å². The van der Waals surface area contributed by atoms with Gasteiger partial charge in [0.2, 0.25) is 0 Å². The van der Waals surface area contributed by atoms with Gasteiger partial charge in [-0.3, -0.25) is 4.72 Å². The van der Waals surface area contributed by atoms with Gasteiger partial charge in [0, 0.05) is 17.4 Å². The Hall–Kier alpha value is -3.19. The van der Waals surface area contributed by atoms with E-state index in [9.17, 15) is 8.42 Å². The molecule has 0 amide bonds. The minimum Gasteiger partial charge on any atom is -0.497 e. The van der Waals surface area contributed by atoms with Crippen molar-refractivity contribution in [2.75, 3.05) is 24.3 Å². The predicted octanol–water partition coefficient (Wildman–Crippen LogP) is 4.25. The summed E-state index contributed by atoms with van der Waals surface area (Å²) >= 11 is 0. The number of rotatable bonds is 7. The first-order valence-corrected chi connectivity index (χ1v) is 9.67. The molecule has 0 bridgehead atoms. The molecule has 0 atom stereocenters. The second-order valence-corrected chi connectivity index (χ2v) is 7.37. The standard InChI is InChI=1S/C20H20N2O4S/c1-25-17-12-13-20(26-2)19(14-17)21-15-8-10-16(11-9-15)22-27(23,24)18-6-4-3-5-7-18/h3-14,21-22H,1-2H3. The zero-order valence-electron chi connectivity index (χ0n) is 15.0. The number of ether oxygens (including phenoxy) is 2. The van der Waals surface area contributed by atoms with Crippen LogP contribution in [-0.2, 0) is 10.0 Å². The molecule has 0 saturated carbocycles. The molecule has 0 spiro atoms. The average molecular weight is 384 g/mol. The minimum atomic E-state index is -3.61. The van der Waals surface area contributed by atoms with Gasteiger partial charge in [-0.05, 0) is 48.5 Å². The number of anilines is 3. The van der Waals surface area contributed by atoms with Gasteiger partial charge in [0.05, 0.1) is 24.8 Å². The fourth-order valence-electron chi connectivity index (χ4n) is 2.50. The van der Waals surface area contributed by atoms with E-state index in [0.717, 1.165) is 11.4 Å². The predicted molar refractivity (Wildman–Crippen MR) is 107 cm³/mol. The van der Waals surface area contributed by atoms with Gasteiger partial charge in [0.15, 0.2) is 0 Å². The summed E-state index contributed by atoms with van der Waals surface area (Å²) in [4.78, 5) is 0.216. The summed E-state index contributed by atoms with van der Waals surface area (Å²) in [5.74, 6) is 1.37. The Morgan fingerprint density at radius 2 is 1.44 bits per heavy atom. The molecule has 0 heterocycles. The van der Waals surface area contributed by atoms with Crippen molar-refractivity contribution in [2.24, 2.45) is 0 Å². The Morgan fingerprint density at radius 1 is 0.778 bits per heavy atom. The Labute approximate surface area is 158 Å². The van der Waals surface area contributed by atoms with E-state index in [1.165, 1.54) is 0 Å². The Morgan fingerprint density at radius 3 is 2.07 bits per heavy atom. The van der Waals surface area contributed by atoms with E-state index in [1.54, 1.807) is 68.8 Å². The Balaban J connectivity index is 1.76. The zero-order valence-corrected chi connectivity index (χ0v) is 15.8. The van der Waals surface area contributed by atoms with Gasteiger partial charge in [-0.15, -0.1) is 0 Å². The van der Waals surface area contributed by atoms with Crippen LogP contribution < -0.4 is 19.5 Å². The zero-order chi connectivity index (χ0) is 19.3. The number of hydrogen-bond acceptors (Lipinski definition) is 5. The molecular weight excluding hydrogens is 364 g/mol. The third-order valence-corrected chi connectivity index (χ3v) is 5.27. The van der Waals surface area contributed by atoms with E-state index < -0.39 is 10.0 Å². The van der Waals surface area contributed by atoms with Crippen LogP contribution in [0.25, 0.3) is 0 Å². The summed E-state index contributed by atoms with van der Waals surface area (Å²) in [6.07, 6.45) is 0. The fraction of sp³-hybridized carbons (Fsp3) is 0.100. The largest absolute Gasteiger partial charge is 0.497 e. The number of nitrogens with one attached hydrogen (secondary N) is 2. The van der Waals surface area contributed by atoms with E-state index in [0.29, 0.717) is 17.2 Å². The first-order chi connectivity index (χ1) is 13.0. The molecule has 3 aromatic rings. The third kappa shape index (κ3) is 4.51. The highest BCUT2D eigenvalue weighted by molar-refractivity contribution is 7.92. The van der Waals surface area contributed by atoms with Crippen molar-refractivity contribution in [1.29, 1.82) is 0 Å². The molecule has 0 aliphatic heterocycles. The molecule has 2 N–H and O–H groups in total. The highest BCUT2D eigenvalue weighted by Gasteiger charge is 2.13. The molecule has 0 unspecified atom stereocenters. The van der Waals surface area contributed by atoms with Crippen LogP contribution in [0.3, 0.4) is 0 Å². The second kappa shape index (κ2) is 8.01. The van der Waals surface area contributed by atoms with E-state index in [1.807, 2.05) is 18.2 Å². The molecule has 3 rings (SSSR count). The summed E-state index contributed by atoms with van der Waals surface area (Å²) < 4.78 is 37.9. The molecular formula is C20H20N2O4S. The lowest BCUT2D eigenvalue weighted by Crippen LogP contribution is -2.12. The van der Waals surface area contributed by atoms with E-state index in [-0.39, 0.29) is 4.90 Å². The molecule has 0 radical (unpaired) electrons. The minimum absolute atomic E-state index is 0.216. The first kappa shape index (κ1) is 18.6. The summed E-state index contributed by atoms with van der Waals surface area (Å²) in [5.41, 5.74) is 2.00.